The molecule has 160 valence electrons. The fourth-order valence-electron chi connectivity index (χ4n) is 2.90. The van der Waals surface area contributed by atoms with Crippen molar-refractivity contribution in [2.45, 2.75) is 30.1 Å². The first-order chi connectivity index (χ1) is 15.1. The van der Waals surface area contributed by atoms with Gasteiger partial charge in [0, 0.05) is 12.3 Å². The summed E-state index contributed by atoms with van der Waals surface area (Å²) in [5.41, 5.74) is 1.94. The number of benzene rings is 2. The normalized spacial score (nSPS) is 11.2. The molecule has 0 unspecified atom stereocenters. The Labute approximate surface area is 191 Å². The molecule has 0 bridgehead atoms. The number of amides is 1. The zero-order valence-electron chi connectivity index (χ0n) is 16.7. The van der Waals surface area contributed by atoms with Crippen LogP contribution in [0.25, 0.3) is 10.2 Å². The van der Waals surface area contributed by atoms with Gasteiger partial charge in [0.2, 0.25) is 5.91 Å². The van der Waals surface area contributed by atoms with Gasteiger partial charge in [0.05, 0.1) is 21.7 Å². The van der Waals surface area contributed by atoms with Crippen LogP contribution in [-0.2, 0) is 22.8 Å². The van der Waals surface area contributed by atoms with E-state index in [1.807, 2.05) is 35.8 Å². The molecule has 0 aliphatic heterocycles. The molecule has 2 heterocycles. The maximum Gasteiger partial charge on any atom is 0.236 e. The van der Waals surface area contributed by atoms with Gasteiger partial charge in [-0.15, -0.1) is 22.0 Å². The maximum atomic E-state index is 13.0. The largest absolute Gasteiger partial charge is 0.306 e. The average Bonchev–Trinajstić information content (AvgIpc) is 3.36. The fourth-order valence-corrected chi connectivity index (χ4v) is 5.53. The van der Waals surface area contributed by atoms with Crippen molar-refractivity contribution in [1.82, 2.24) is 19.7 Å². The van der Waals surface area contributed by atoms with Gasteiger partial charge >= 0.3 is 0 Å². The minimum Gasteiger partial charge on any atom is -0.306 e. The van der Waals surface area contributed by atoms with Crippen molar-refractivity contribution < 1.29 is 9.18 Å². The van der Waals surface area contributed by atoms with Crippen LogP contribution in [0, 0.1) is 5.82 Å². The summed E-state index contributed by atoms with van der Waals surface area (Å²) >= 11 is 4.51. The lowest BCUT2D eigenvalue weighted by molar-refractivity contribution is -0.113. The molecule has 2 aromatic carbocycles. The molecule has 0 fully saturated rings. The van der Waals surface area contributed by atoms with Crippen molar-refractivity contribution in [2.75, 3.05) is 11.1 Å². The molecule has 6 nitrogen and oxygen atoms in total. The summed E-state index contributed by atoms with van der Waals surface area (Å²) in [4.78, 5) is 16.8. The molecule has 1 N–H and O–H groups in total. The van der Waals surface area contributed by atoms with E-state index in [1.54, 1.807) is 23.9 Å². The number of para-hydroxylation sites is 1. The van der Waals surface area contributed by atoms with Crippen LogP contribution in [0.1, 0.15) is 18.3 Å². The standard InChI is InChI=1S/C21H20FN5OS3/c1-2-27-18(12-29-11-14-7-9-15(22)10-8-14)25-26-21(27)30-13-19(28)24-20-23-16-5-3-4-6-17(16)31-20/h3-10H,2,11-13H2,1H3,(H,23,24,28). The molecule has 0 aliphatic carbocycles. The molecule has 0 atom stereocenters. The van der Waals surface area contributed by atoms with E-state index in [0.717, 1.165) is 39.1 Å². The third kappa shape index (κ3) is 5.63. The van der Waals surface area contributed by atoms with E-state index in [9.17, 15) is 9.18 Å². The van der Waals surface area contributed by atoms with Crippen molar-refractivity contribution >= 4 is 56.1 Å². The van der Waals surface area contributed by atoms with Gasteiger partial charge in [0.25, 0.3) is 0 Å². The van der Waals surface area contributed by atoms with Crippen molar-refractivity contribution in [1.29, 1.82) is 0 Å². The van der Waals surface area contributed by atoms with Crippen LogP contribution in [0.2, 0.25) is 0 Å². The highest BCUT2D eigenvalue weighted by atomic mass is 32.2. The zero-order valence-corrected chi connectivity index (χ0v) is 19.2. The number of fused-ring (bicyclic) bond motifs is 1. The molecule has 31 heavy (non-hydrogen) atoms. The Bertz CT molecular complexity index is 1140. The van der Waals surface area contributed by atoms with E-state index in [2.05, 4.69) is 20.5 Å². The highest BCUT2D eigenvalue weighted by molar-refractivity contribution is 7.99. The van der Waals surface area contributed by atoms with Crippen LogP contribution >= 0.6 is 34.9 Å². The molecule has 0 aliphatic rings. The van der Waals surface area contributed by atoms with Crippen molar-refractivity contribution in [2.24, 2.45) is 0 Å². The van der Waals surface area contributed by atoms with Gasteiger partial charge in [-0.1, -0.05) is 47.4 Å². The number of thiazole rings is 1. The van der Waals surface area contributed by atoms with E-state index < -0.39 is 0 Å². The number of carbonyl (C=O) groups excluding carboxylic acids is 1. The monoisotopic (exact) mass is 473 g/mol. The van der Waals surface area contributed by atoms with E-state index >= 15 is 0 Å². The van der Waals surface area contributed by atoms with Gasteiger partial charge in [-0.3, -0.25) is 4.79 Å². The Kier molecular flexibility index (Phi) is 7.21. The lowest BCUT2D eigenvalue weighted by Gasteiger charge is -2.07. The summed E-state index contributed by atoms with van der Waals surface area (Å²) in [6.07, 6.45) is 0. The summed E-state index contributed by atoms with van der Waals surface area (Å²) < 4.78 is 16.1. The Morgan fingerprint density at radius 2 is 1.94 bits per heavy atom. The Morgan fingerprint density at radius 3 is 2.71 bits per heavy atom. The maximum absolute atomic E-state index is 13.0. The number of hydrogen-bond donors (Lipinski definition) is 1. The van der Waals surface area contributed by atoms with Crippen LogP contribution in [0.4, 0.5) is 9.52 Å². The number of hydrogen-bond acceptors (Lipinski definition) is 7. The van der Waals surface area contributed by atoms with Crippen LogP contribution in [0.15, 0.2) is 53.7 Å². The highest BCUT2D eigenvalue weighted by Crippen LogP contribution is 2.26. The summed E-state index contributed by atoms with van der Waals surface area (Å²) in [7, 11) is 0. The van der Waals surface area contributed by atoms with Crippen molar-refractivity contribution in [3.63, 3.8) is 0 Å². The number of halogens is 1. The lowest BCUT2D eigenvalue weighted by Crippen LogP contribution is -2.14. The van der Waals surface area contributed by atoms with Gasteiger partial charge in [0.1, 0.15) is 11.6 Å². The molecule has 1 amide bonds. The van der Waals surface area contributed by atoms with Gasteiger partial charge in [-0.05, 0) is 36.8 Å². The number of aromatic nitrogens is 4. The minimum atomic E-state index is -0.228. The lowest BCUT2D eigenvalue weighted by atomic mass is 10.2. The number of thioether (sulfide) groups is 2. The van der Waals surface area contributed by atoms with Gasteiger partial charge in [-0.25, -0.2) is 9.37 Å². The van der Waals surface area contributed by atoms with Crippen LogP contribution in [0.5, 0.6) is 0 Å². The summed E-state index contributed by atoms with van der Waals surface area (Å²) in [5, 5.41) is 12.7. The van der Waals surface area contributed by atoms with Crippen LogP contribution < -0.4 is 5.32 Å². The summed E-state index contributed by atoms with van der Waals surface area (Å²) in [6.45, 7) is 2.75. The zero-order chi connectivity index (χ0) is 21.6. The fraction of sp³-hybridized carbons (Fsp3) is 0.238. The SMILES string of the molecule is CCn1c(CSCc2ccc(F)cc2)nnc1SCC(=O)Nc1nc2ccccc2s1. The van der Waals surface area contributed by atoms with E-state index in [4.69, 9.17) is 0 Å². The molecule has 0 saturated carbocycles. The molecule has 0 spiro atoms. The second kappa shape index (κ2) is 10.3. The smallest absolute Gasteiger partial charge is 0.236 e. The number of rotatable bonds is 9. The summed E-state index contributed by atoms with van der Waals surface area (Å²) in [6, 6.07) is 14.3. The molecule has 4 aromatic rings. The highest BCUT2D eigenvalue weighted by Gasteiger charge is 2.14. The van der Waals surface area contributed by atoms with Gasteiger partial charge in [-0.2, -0.15) is 0 Å². The Hall–Kier alpha value is -2.43. The summed E-state index contributed by atoms with van der Waals surface area (Å²) in [5.74, 6) is 2.20. The number of nitrogens with zero attached hydrogens (tertiary/aromatic N) is 4. The van der Waals surface area contributed by atoms with Crippen molar-refractivity contribution in [3.8, 4) is 0 Å². The van der Waals surface area contributed by atoms with E-state index in [0.29, 0.717) is 10.9 Å². The molecule has 4 rings (SSSR count). The number of nitrogens with one attached hydrogen (secondary N) is 1. The molecular formula is C21H20FN5OS3. The Morgan fingerprint density at radius 1 is 1.13 bits per heavy atom. The first-order valence-corrected chi connectivity index (χ1v) is 12.6. The average molecular weight is 474 g/mol. The number of carbonyl (C=O) groups is 1. The number of anilines is 1. The quantitative estimate of drug-likeness (QED) is 0.337. The second-order valence-corrected chi connectivity index (χ2v) is 9.54. The third-order valence-electron chi connectivity index (χ3n) is 4.40. The minimum absolute atomic E-state index is 0.123. The van der Waals surface area contributed by atoms with Crippen LogP contribution in [-0.4, -0.2) is 31.4 Å². The van der Waals surface area contributed by atoms with Gasteiger partial charge in [0.15, 0.2) is 10.3 Å². The predicted octanol–water partition coefficient (Wildman–Crippen LogP) is 5.21. The molecular weight excluding hydrogens is 453 g/mol. The Balaban J connectivity index is 1.30. The second-order valence-electron chi connectivity index (χ2n) is 6.59. The molecule has 10 heteroatoms. The predicted molar refractivity (Wildman–Crippen MR) is 126 cm³/mol. The molecule has 2 aromatic heterocycles. The topological polar surface area (TPSA) is 72.7 Å². The molecule has 0 saturated heterocycles. The first-order valence-electron chi connectivity index (χ1n) is 9.65. The third-order valence-corrected chi connectivity index (χ3v) is 7.31. The molecule has 0 radical (unpaired) electrons. The van der Waals surface area contributed by atoms with Crippen molar-refractivity contribution in [3.05, 3.63) is 65.7 Å². The first kappa shape index (κ1) is 21.8. The van der Waals surface area contributed by atoms with Crippen LogP contribution in [0.3, 0.4) is 0 Å². The van der Waals surface area contributed by atoms with E-state index in [-0.39, 0.29) is 17.5 Å². The van der Waals surface area contributed by atoms with Gasteiger partial charge < -0.3 is 9.88 Å². The van der Waals surface area contributed by atoms with E-state index in [1.165, 1.54) is 35.2 Å².